The van der Waals surface area contributed by atoms with Crippen molar-refractivity contribution in [3.8, 4) is 44.9 Å². The van der Waals surface area contributed by atoms with Gasteiger partial charge in [0.1, 0.15) is 22.7 Å². The lowest BCUT2D eigenvalue weighted by molar-refractivity contribution is -0.115. The number of Topliss-reactive ketones (excluding diaryl/α,β-unsaturated/α-hetero) is 1. The molecule has 0 bridgehead atoms. The summed E-state index contributed by atoms with van der Waals surface area (Å²) < 4.78 is 0. The Morgan fingerprint density at radius 2 is 0.773 bits per heavy atom. The Labute approximate surface area is 866 Å². The molecule has 7 aromatic carbocycles. The SMILES string of the molecule is CCc1cc(C2=CCC(=O)C(NC(=O)c3ccc(N4CCCCC4)cc3)=C2)nc(NC)n1.CNCCN(C)c1nccc(-c2c[nH]c(=O)c(NC(=O)c3ccc(N4CCCCC4)cc3)c2)n1.CNc1cccc(-c2c[nH]c(=O)c(NC(=O)c3ccc(C(C)(C)C)cc3)c2)c1.CNc1nccc(-c2c[nH]c(=O)c(NC(=O)c3ccc(C(=O)c4ccccc4)cc3)c2)n1.CNc1nccc(-c2c[nH]c(=O)c(NC(=O)c3ccccc3)c2)n1. The maximum absolute atomic E-state index is 12.8. The first-order valence-electron chi connectivity index (χ1n) is 49.2. The molecule has 766 valence electrons. The van der Waals surface area contributed by atoms with Gasteiger partial charge in [-0.05, 0) is 226 Å². The number of benzene rings is 7. The van der Waals surface area contributed by atoms with Gasteiger partial charge >= 0.3 is 0 Å². The van der Waals surface area contributed by atoms with Crippen LogP contribution in [0.3, 0.4) is 0 Å². The van der Waals surface area contributed by atoms with Gasteiger partial charge in [0.25, 0.3) is 51.8 Å². The molecule has 1 aliphatic carbocycles. The molecule has 0 atom stereocenters. The molecule has 10 heterocycles. The average molecular weight is 2020 g/mol. The first-order valence-corrected chi connectivity index (χ1v) is 49.2. The van der Waals surface area contributed by atoms with E-state index in [9.17, 15) is 52.7 Å². The number of allylic oxidation sites excluding steroid dienone is 4. The summed E-state index contributed by atoms with van der Waals surface area (Å²) in [5.74, 6) is 0.0141. The summed E-state index contributed by atoms with van der Waals surface area (Å²) in [6, 6.07) is 67.8. The number of aromatic nitrogens is 12. The van der Waals surface area contributed by atoms with Crippen molar-refractivity contribution >= 4 is 110 Å². The molecule has 3 aliphatic rings. The van der Waals surface area contributed by atoms with E-state index in [4.69, 9.17) is 0 Å². The third kappa shape index (κ3) is 29.2. The van der Waals surface area contributed by atoms with Crippen molar-refractivity contribution in [1.29, 1.82) is 0 Å². The number of piperidine rings is 2. The summed E-state index contributed by atoms with van der Waals surface area (Å²) in [6.07, 6.45) is 23.1. The second-order valence-corrected chi connectivity index (χ2v) is 36.1. The summed E-state index contributed by atoms with van der Waals surface area (Å²) in [6.45, 7) is 14.2. The van der Waals surface area contributed by atoms with Crippen molar-refractivity contribution in [2.45, 2.75) is 84.5 Å². The van der Waals surface area contributed by atoms with Crippen LogP contribution in [0.2, 0.25) is 0 Å². The van der Waals surface area contributed by atoms with E-state index in [2.05, 4.69) is 144 Å². The number of pyridine rings is 4. The first-order chi connectivity index (χ1) is 72.6. The summed E-state index contributed by atoms with van der Waals surface area (Å²) >= 11 is 0. The van der Waals surface area contributed by atoms with Crippen LogP contribution in [0, 0.1) is 0 Å². The molecule has 0 unspecified atom stereocenters. The number of hydrogen-bond donors (Lipinski definition) is 14. The normalized spacial score (nSPS) is 12.5. The number of anilines is 11. The van der Waals surface area contributed by atoms with Gasteiger partial charge in [-0.3, -0.25) is 52.7 Å². The second-order valence-electron chi connectivity index (χ2n) is 36.1. The first kappa shape index (κ1) is 107. The molecular formula is C114H119N25O11. The molecule has 8 aromatic heterocycles. The lowest BCUT2D eigenvalue weighted by Gasteiger charge is -2.28. The van der Waals surface area contributed by atoms with Crippen molar-refractivity contribution in [3.05, 3.63) is 389 Å². The van der Waals surface area contributed by atoms with Crippen LogP contribution in [0.4, 0.5) is 63.6 Å². The van der Waals surface area contributed by atoms with Crippen LogP contribution in [0.1, 0.15) is 157 Å². The van der Waals surface area contributed by atoms with E-state index in [1.165, 1.54) is 44.7 Å². The zero-order valence-corrected chi connectivity index (χ0v) is 84.9. The molecular weight excluding hydrogens is 1900 g/mol. The minimum Gasteiger partial charge on any atom is -0.388 e. The van der Waals surface area contributed by atoms with Crippen LogP contribution < -0.4 is 90.1 Å². The molecule has 0 radical (unpaired) electrons. The minimum absolute atomic E-state index is 0.0162. The number of carbonyl (C=O) groups excluding carboxylic acids is 7. The number of rotatable bonds is 28. The quantitative estimate of drug-likeness (QED) is 0.0203. The number of aryl methyl sites for hydroxylation is 1. The summed E-state index contributed by atoms with van der Waals surface area (Å²) in [4.78, 5) is 189. The highest BCUT2D eigenvalue weighted by molar-refractivity contribution is 6.11. The third-order valence-electron chi connectivity index (χ3n) is 24.6. The number of amides is 5. The fraction of sp³-hybridized carbons (Fsp3) is 0.219. The number of ketones is 2. The maximum Gasteiger partial charge on any atom is 0.271 e. The highest BCUT2D eigenvalue weighted by Crippen LogP contribution is 2.31. The predicted molar refractivity (Wildman–Crippen MR) is 591 cm³/mol. The standard InChI is InChI=1S/C25H31N7O2.C25H29N5O2.C24H19N5O3.C23H25N3O2.C17H15N5O2/c1-26-12-15-31(2)25-27-11-10-21(30-25)19-16-22(24(34)28-17-19)29-23(33)18-6-8-20(9-7-18)32-13-4-3-5-14-32;1-3-19-16-21(29-25(26-2)27-19)18-9-12-23(31)22(15-18)28-24(32)17-7-10-20(11-8-17)30-13-5-4-6-14-30;1-25-24-26-12-11-19(29-24)18-13-20(23(32)27-14-18)28-22(31)17-9-7-16(8-10-17)21(30)15-5-3-2-4-6-15;1-23(2,3)18-10-8-15(9-11-18)21(27)26-20-13-17(14-25-22(20)28)16-6-5-7-19(12-16)24-4;1-18-17-19-8-7-13(22-17)12-9-14(16(24)20-10-12)21-15(23)11-5-3-2-4-6-11/h6-11,16-17,26H,3-5,12-15H2,1-2H3,(H,28,34)(H,29,33);7-11,15-16H,3-6,12-14H2,1-2H3,(H,28,32)(H,26,27,29);2-14H,1H3,(H,27,32)(H,28,31)(H,25,26,29);5-14,24H,1-4H3,(H,25,28)(H,26,27);2-10H,1H3,(H,20,24)(H,21,23)(H,18,19,22). The Balaban J connectivity index is 0.000000148. The lowest BCUT2D eigenvalue weighted by atomic mass is 9.87. The van der Waals surface area contributed by atoms with Gasteiger partial charge < -0.3 is 87.8 Å². The zero-order chi connectivity index (χ0) is 106. The van der Waals surface area contributed by atoms with Gasteiger partial charge in [-0.15, -0.1) is 0 Å². The van der Waals surface area contributed by atoms with Crippen LogP contribution in [0.25, 0.3) is 50.5 Å². The Morgan fingerprint density at radius 1 is 0.380 bits per heavy atom. The Morgan fingerprint density at radius 3 is 1.21 bits per heavy atom. The van der Waals surface area contributed by atoms with Gasteiger partial charge in [-0.2, -0.15) is 0 Å². The van der Waals surface area contributed by atoms with Crippen LogP contribution in [0.15, 0.2) is 311 Å². The monoisotopic (exact) mass is 2010 g/mol. The lowest BCUT2D eigenvalue weighted by Crippen LogP contribution is -2.30. The average Bonchev–Trinajstić information content (AvgIpc) is 0.835. The van der Waals surface area contributed by atoms with Gasteiger partial charge in [0.15, 0.2) is 11.6 Å². The van der Waals surface area contributed by atoms with E-state index in [1.54, 1.807) is 204 Å². The number of carbonyl (C=O) groups is 7. The number of nitrogens with one attached hydrogen (secondary N) is 14. The molecule has 18 rings (SSSR count). The summed E-state index contributed by atoms with van der Waals surface area (Å²) in [5, 5.41) is 28.4. The molecule has 2 saturated heterocycles. The Kier molecular flexibility index (Phi) is 37.0. The van der Waals surface area contributed by atoms with E-state index in [0.717, 1.165) is 96.4 Å². The molecule has 15 aromatic rings. The molecule has 2 aliphatic heterocycles. The fourth-order valence-electron chi connectivity index (χ4n) is 16.1. The predicted octanol–water partition coefficient (Wildman–Crippen LogP) is 16.6. The smallest absolute Gasteiger partial charge is 0.271 e. The number of hydrogen-bond acceptors (Lipinski definition) is 27. The van der Waals surface area contributed by atoms with E-state index in [1.807, 2.05) is 130 Å². The van der Waals surface area contributed by atoms with Gasteiger partial charge in [0.2, 0.25) is 23.8 Å². The van der Waals surface area contributed by atoms with Crippen molar-refractivity contribution in [3.63, 3.8) is 0 Å². The summed E-state index contributed by atoms with van der Waals surface area (Å²) in [5.41, 5.74) is 15.1. The Bertz CT molecular complexity index is 7590. The number of aromatic amines is 4. The van der Waals surface area contributed by atoms with Gasteiger partial charge in [0, 0.05) is 208 Å². The largest absolute Gasteiger partial charge is 0.388 e. The molecule has 0 spiro atoms. The highest BCUT2D eigenvalue weighted by Gasteiger charge is 2.25. The van der Waals surface area contributed by atoms with Crippen LogP contribution in [-0.4, -0.2) is 182 Å². The topological polar surface area (TPSA) is 484 Å². The molecule has 36 heteroatoms. The zero-order valence-electron chi connectivity index (χ0n) is 84.9. The van der Waals surface area contributed by atoms with E-state index >= 15 is 0 Å². The second kappa shape index (κ2) is 51.7. The maximum atomic E-state index is 12.8. The summed E-state index contributed by atoms with van der Waals surface area (Å²) in [7, 11) is 10.9. The number of nitrogens with zero attached hydrogens (tertiary/aromatic N) is 11. The number of H-pyrrole nitrogens is 4. The molecule has 14 N–H and O–H groups in total. The van der Waals surface area contributed by atoms with Crippen molar-refractivity contribution in [2.24, 2.45) is 0 Å². The van der Waals surface area contributed by atoms with E-state index < -0.39 is 11.5 Å². The van der Waals surface area contributed by atoms with Crippen LogP contribution in [0.5, 0.6) is 0 Å². The van der Waals surface area contributed by atoms with Crippen LogP contribution in [-0.2, 0) is 16.6 Å². The van der Waals surface area contributed by atoms with Gasteiger partial charge in [-0.1, -0.05) is 119 Å². The molecule has 150 heavy (non-hydrogen) atoms. The van der Waals surface area contributed by atoms with Gasteiger partial charge in [0.05, 0.1) is 28.5 Å². The fourth-order valence-corrected chi connectivity index (χ4v) is 16.1. The van der Waals surface area contributed by atoms with Gasteiger partial charge in [-0.25, -0.2) is 39.9 Å². The molecule has 0 saturated carbocycles. The van der Waals surface area contributed by atoms with Crippen LogP contribution >= 0.6 is 0 Å². The van der Waals surface area contributed by atoms with Crippen molar-refractivity contribution in [1.82, 2.24) is 70.4 Å². The highest BCUT2D eigenvalue weighted by atomic mass is 16.2. The van der Waals surface area contributed by atoms with E-state index in [-0.39, 0.29) is 92.2 Å². The Hall–Kier alpha value is -18.6. The third-order valence-corrected chi connectivity index (χ3v) is 24.6. The van der Waals surface area contributed by atoms with Crippen molar-refractivity contribution in [2.75, 3.05) is 139 Å². The molecule has 2 fully saturated rings. The van der Waals surface area contributed by atoms with E-state index in [0.29, 0.717) is 96.5 Å². The molecule has 36 nitrogen and oxygen atoms in total. The minimum atomic E-state index is -0.468. The number of likely N-dealkylation sites (N-methyl/N-ethyl adjacent to an activating group) is 2. The van der Waals surface area contributed by atoms with Crippen molar-refractivity contribution < 1.29 is 33.6 Å². The molecule has 5 amide bonds.